The van der Waals surface area contributed by atoms with E-state index in [4.69, 9.17) is 18.6 Å². The number of piperidine rings is 1. The normalized spacial score (nSPS) is 21.0. The molecule has 1 amide bonds. The molecule has 0 radical (unpaired) electrons. The molecular weight excluding hydrogens is 744 g/mol. The van der Waals surface area contributed by atoms with E-state index in [1.165, 1.54) is 30.0 Å². The van der Waals surface area contributed by atoms with E-state index in [-0.39, 0.29) is 23.3 Å². The molecule has 2 fully saturated rings. The summed E-state index contributed by atoms with van der Waals surface area (Å²) >= 11 is 0. The summed E-state index contributed by atoms with van der Waals surface area (Å²) in [7, 11) is -1.52. The monoisotopic (exact) mass is 792 g/mol. The minimum Gasteiger partial charge on any atom is -0.405 e. The number of aliphatic hydroxyl groups is 1. The fourth-order valence-electron chi connectivity index (χ4n) is 8.04. The number of hydrogen-bond acceptors (Lipinski definition) is 9. The molecule has 0 spiro atoms. The molecule has 4 atom stereocenters. The zero-order chi connectivity index (χ0) is 40.2. The quantitative estimate of drug-likeness (QED) is 0.125. The van der Waals surface area contributed by atoms with E-state index in [2.05, 4.69) is 55.3 Å². The molecule has 7 rings (SSSR count). The number of carbonyl (C=O) groups excluding carboxylic acids is 1. The lowest BCUT2D eigenvalue weighted by Crippen LogP contribution is -2.67. The topological polar surface area (TPSA) is 124 Å². The van der Waals surface area contributed by atoms with Crippen molar-refractivity contribution < 1.29 is 32.9 Å². The zero-order valence-corrected chi connectivity index (χ0v) is 33.6. The molecule has 0 aliphatic carbocycles. The Hall–Kier alpha value is -5.02. The maximum Gasteiger partial charge on any atom is 0.351 e. The van der Waals surface area contributed by atoms with E-state index in [1.807, 2.05) is 41.3 Å². The average Bonchev–Trinajstić information content (AvgIpc) is 3.52. The van der Waals surface area contributed by atoms with Crippen LogP contribution < -0.4 is 26.3 Å². The minimum absolute atomic E-state index is 0.0146. The van der Waals surface area contributed by atoms with Gasteiger partial charge in [0, 0.05) is 44.8 Å². The van der Waals surface area contributed by atoms with Gasteiger partial charge in [0.15, 0.2) is 12.0 Å². The summed E-state index contributed by atoms with van der Waals surface area (Å²) in [5.41, 5.74) is 0.178. The molecule has 298 valence electrons. The number of methoxy groups -OCH3 is 1. The van der Waals surface area contributed by atoms with Crippen molar-refractivity contribution >= 4 is 36.1 Å². The number of halogens is 1. The molecule has 2 aliphatic rings. The van der Waals surface area contributed by atoms with Gasteiger partial charge in [0.05, 0.1) is 12.3 Å². The predicted molar refractivity (Wildman–Crippen MR) is 219 cm³/mol. The van der Waals surface area contributed by atoms with Gasteiger partial charge >= 0.3 is 5.69 Å². The van der Waals surface area contributed by atoms with Crippen LogP contribution >= 0.6 is 0 Å². The maximum absolute atomic E-state index is 14.8. The average molecular weight is 793 g/mol. The first-order valence-corrected chi connectivity index (χ1v) is 21.1. The van der Waals surface area contributed by atoms with Crippen LogP contribution in [-0.4, -0.2) is 79.8 Å². The Morgan fingerprint density at radius 1 is 0.912 bits per heavy atom. The number of aliphatic hydroxyl groups excluding tert-OH is 1. The molecule has 2 N–H and O–H groups in total. The number of aromatic nitrogens is 2. The van der Waals surface area contributed by atoms with Gasteiger partial charge in [-0.3, -0.25) is 9.36 Å². The van der Waals surface area contributed by atoms with E-state index in [0.29, 0.717) is 37.2 Å². The number of anilines is 2. The van der Waals surface area contributed by atoms with E-state index in [9.17, 15) is 19.1 Å². The van der Waals surface area contributed by atoms with Crippen LogP contribution in [0.2, 0.25) is 5.04 Å². The Bertz CT molecular complexity index is 2140. The second-order valence-corrected chi connectivity index (χ2v) is 19.8. The third-order valence-corrected chi connectivity index (χ3v) is 16.0. The molecule has 57 heavy (non-hydrogen) atoms. The van der Waals surface area contributed by atoms with Crippen molar-refractivity contribution in [3.8, 4) is 0 Å². The summed E-state index contributed by atoms with van der Waals surface area (Å²) in [4.78, 5) is 32.7. The highest BCUT2D eigenvalue weighted by molar-refractivity contribution is 6.99. The number of carbonyl (C=O) groups is 1. The summed E-state index contributed by atoms with van der Waals surface area (Å²) in [6.45, 7) is 7.32. The number of nitrogens with zero attached hydrogens (tertiary/aromatic N) is 3. The van der Waals surface area contributed by atoms with Gasteiger partial charge in [-0.2, -0.15) is 4.98 Å². The number of nitrogens with one attached hydrogen (secondary N) is 1. The predicted octanol–water partition coefficient (Wildman–Crippen LogP) is 5.50. The Kier molecular flexibility index (Phi) is 11.9. The standard InChI is InChI=1S/C44H49FN4O7Si/c1-43(2,3)57(32-18-10-6-11-19-32,33-20-12-7-13-21-33)54-30-36-38(50)39(56-44(53-4)25-28-48(29-26-44)35-23-15-14-22-34(35)45)41(55-36)49-27-24-37(47-42(49)52)46-40(51)31-16-8-5-9-17-31/h5-24,27,36,38-39,41,50H,25-26,28-30H2,1-4H3,(H,46,47,51,52)/t36-,38-,39-,41-/m1/s1. The van der Waals surface area contributed by atoms with Gasteiger partial charge in [0.25, 0.3) is 14.2 Å². The molecule has 0 bridgehead atoms. The van der Waals surface area contributed by atoms with Gasteiger partial charge < -0.3 is 34.0 Å². The number of ether oxygens (including phenoxy) is 3. The number of benzene rings is 4. The molecule has 2 saturated heterocycles. The highest BCUT2D eigenvalue weighted by Gasteiger charge is 2.54. The second kappa shape index (κ2) is 16.8. The zero-order valence-electron chi connectivity index (χ0n) is 32.6. The first-order valence-electron chi connectivity index (χ1n) is 19.2. The molecule has 4 aromatic carbocycles. The first kappa shape index (κ1) is 40.2. The van der Waals surface area contributed by atoms with E-state index < -0.39 is 50.2 Å². The lowest BCUT2D eigenvalue weighted by Gasteiger charge is -2.44. The van der Waals surface area contributed by atoms with Crippen molar-refractivity contribution in [1.29, 1.82) is 0 Å². The summed E-state index contributed by atoms with van der Waals surface area (Å²) < 4.78 is 42.6. The molecule has 0 saturated carbocycles. The van der Waals surface area contributed by atoms with E-state index >= 15 is 0 Å². The second-order valence-electron chi connectivity index (χ2n) is 15.5. The van der Waals surface area contributed by atoms with Crippen LogP contribution in [0.5, 0.6) is 0 Å². The number of para-hydroxylation sites is 1. The van der Waals surface area contributed by atoms with Gasteiger partial charge in [0.1, 0.15) is 29.9 Å². The molecule has 5 aromatic rings. The van der Waals surface area contributed by atoms with Crippen molar-refractivity contribution in [2.45, 2.75) is 69.0 Å². The molecule has 11 nitrogen and oxygen atoms in total. The van der Waals surface area contributed by atoms with Crippen molar-refractivity contribution in [2.75, 3.05) is 37.0 Å². The van der Waals surface area contributed by atoms with Gasteiger partial charge in [-0.25, -0.2) is 9.18 Å². The maximum atomic E-state index is 14.8. The largest absolute Gasteiger partial charge is 0.405 e. The summed E-state index contributed by atoms with van der Waals surface area (Å²) in [5, 5.41) is 16.7. The van der Waals surface area contributed by atoms with E-state index in [1.54, 1.807) is 48.5 Å². The minimum atomic E-state index is -3.05. The SMILES string of the molecule is COC1(O[C@@H]2[C@H](O)[C@@H](CO[Si](c3ccccc3)(c3ccccc3)C(C)(C)C)O[C@H]2n2ccc(NC(=O)c3ccccc3)nc2=O)CCN(c2ccccc2F)CC1. The van der Waals surface area contributed by atoms with Crippen LogP contribution in [0, 0.1) is 5.82 Å². The van der Waals surface area contributed by atoms with Gasteiger partial charge in [0.2, 0.25) is 0 Å². The Morgan fingerprint density at radius 2 is 1.49 bits per heavy atom. The lowest BCUT2D eigenvalue weighted by atomic mass is 10.0. The van der Waals surface area contributed by atoms with Gasteiger partial charge in [-0.1, -0.05) is 112 Å². The number of hydrogen-bond donors (Lipinski definition) is 2. The Labute approximate surface area is 333 Å². The molecule has 1 aromatic heterocycles. The summed E-state index contributed by atoms with van der Waals surface area (Å²) in [6.07, 6.45) is -2.31. The Morgan fingerprint density at radius 3 is 2.05 bits per heavy atom. The highest BCUT2D eigenvalue weighted by Crippen LogP contribution is 2.41. The van der Waals surface area contributed by atoms with Crippen molar-refractivity contribution in [3.05, 3.63) is 149 Å². The number of amides is 1. The van der Waals surface area contributed by atoms with Crippen LogP contribution in [0.1, 0.15) is 50.2 Å². The lowest BCUT2D eigenvalue weighted by molar-refractivity contribution is -0.276. The molecule has 13 heteroatoms. The van der Waals surface area contributed by atoms with Crippen LogP contribution in [0.25, 0.3) is 0 Å². The third kappa shape index (κ3) is 8.22. The molecule has 0 unspecified atom stereocenters. The fourth-order valence-corrected chi connectivity index (χ4v) is 12.6. The van der Waals surface area contributed by atoms with Gasteiger partial charge in [-0.15, -0.1) is 0 Å². The van der Waals surface area contributed by atoms with Crippen molar-refractivity contribution in [3.63, 3.8) is 0 Å². The first-order chi connectivity index (χ1) is 27.4. The summed E-state index contributed by atoms with van der Waals surface area (Å²) in [5.74, 6) is -1.87. The number of rotatable bonds is 12. The summed E-state index contributed by atoms with van der Waals surface area (Å²) in [6, 6.07) is 37.0. The van der Waals surface area contributed by atoms with Crippen LogP contribution in [0.15, 0.2) is 132 Å². The molecular formula is C44H49FN4O7Si. The molecule has 2 aliphatic heterocycles. The van der Waals surface area contributed by atoms with Crippen LogP contribution in [-0.2, 0) is 18.6 Å². The van der Waals surface area contributed by atoms with Gasteiger partial charge in [-0.05, 0) is 45.7 Å². The van der Waals surface area contributed by atoms with Crippen molar-refractivity contribution in [1.82, 2.24) is 9.55 Å². The Balaban J connectivity index is 1.20. The fraction of sp³-hybridized carbons (Fsp3) is 0.341. The smallest absolute Gasteiger partial charge is 0.351 e. The molecule has 3 heterocycles. The van der Waals surface area contributed by atoms with Crippen molar-refractivity contribution in [2.24, 2.45) is 0 Å². The van der Waals surface area contributed by atoms with Crippen LogP contribution in [0.3, 0.4) is 0 Å². The van der Waals surface area contributed by atoms with E-state index in [0.717, 1.165) is 10.4 Å². The third-order valence-electron chi connectivity index (χ3n) is 11.0. The van der Waals surface area contributed by atoms with Crippen LogP contribution in [0.4, 0.5) is 15.9 Å². The highest BCUT2D eigenvalue weighted by atomic mass is 28.4.